The summed E-state index contributed by atoms with van der Waals surface area (Å²) in [5, 5.41) is 3.48. The van der Waals surface area contributed by atoms with Crippen molar-refractivity contribution in [3.63, 3.8) is 0 Å². The van der Waals surface area contributed by atoms with Crippen LogP contribution >= 0.6 is 0 Å². The van der Waals surface area contributed by atoms with Gasteiger partial charge in [0.15, 0.2) is 9.84 Å². The molecule has 2 amide bonds. The topological polar surface area (TPSA) is 96.4 Å². The largest absolute Gasteiger partial charge is 0.351 e. The van der Waals surface area contributed by atoms with Gasteiger partial charge in [-0.25, -0.2) is 13.4 Å². The van der Waals surface area contributed by atoms with Crippen LogP contribution in [0.1, 0.15) is 29.3 Å². The summed E-state index contributed by atoms with van der Waals surface area (Å²) in [7, 11) is -3.09. The summed E-state index contributed by atoms with van der Waals surface area (Å²) in [6, 6.07) is 16.8. The minimum Gasteiger partial charge on any atom is -0.351 e. The Morgan fingerprint density at radius 1 is 1.12 bits per heavy atom. The molecule has 4 rings (SSSR count). The summed E-state index contributed by atoms with van der Waals surface area (Å²) in [4.78, 5) is 32.3. The van der Waals surface area contributed by atoms with Crippen molar-refractivity contribution in [3.05, 3.63) is 65.7 Å². The Balaban J connectivity index is 1.61. The summed E-state index contributed by atoms with van der Waals surface area (Å²) in [5.41, 5.74) is 3.91. The lowest BCUT2D eigenvalue weighted by Gasteiger charge is -2.22. The molecule has 0 radical (unpaired) electrons. The van der Waals surface area contributed by atoms with Gasteiger partial charge < -0.3 is 10.2 Å². The average Bonchev–Trinajstić information content (AvgIpc) is 3.14. The number of carbonyl (C=O) groups is 2. The predicted molar refractivity (Wildman–Crippen MR) is 129 cm³/mol. The van der Waals surface area contributed by atoms with Crippen molar-refractivity contribution in [1.29, 1.82) is 0 Å². The normalized spacial score (nSPS) is 17.1. The molecule has 1 saturated heterocycles. The van der Waals surface area contributed by atoms with E-state index in [0.29, 0.717) is 29.7 Å². The van der Waals surface area contributed by atoms with Crippen LogP contribution in [0.3, 0.4) is 0 Å². The molecule has 1 fully saturated rings. The monoisotopic (exact) mass is 465 g/mol. The summed E-state index contributed by atoms with van der Waals surface area (Å²) in [5.74, 6) is -0.588. The molecule has 0 aliphatic carbocycles. The third-order valence-corrected chi connectivity index (χ3v) is 7.66. The Labute approximate surface area is 193 Å². The molecule has 7 nitrogen and oxygen atoms in total. The summed E-state index contributed by atoms with van der Waals surface area (Å²) in [6.07, 6.45) is 0.406. The van der Waals surface area contributed by atoms with Crippen molar-refractivity contribution in [1.82, 2.24) is 15.2 Å². The minimum absolute atomic E-state index is 0.0479. The molecule has 2 aromatic carbocycles. The highest BCUT2D eigenvalue weighted by atomic mass is 32.2. The van der Waals surface area contributed by atoms with E-state index in [1.165, 1.54) is 4.90 Å². The van der Waals surface area contributed by atoms with Crippen LogP contribution in [0.25, 0.3) is 22.2 Å². The third kappa shape index (κ3) is 5.22. The fourth-order valence-corrected chi connectivity index (χ4v) is 5.75. The maximum absolute atomic E-state index is 13.5. The van der Waals surface area contributed by atoms with Crippen LogP contribution in [-0.4, -0.2) is 60.8 Å². The molecule has 1 atom stereocenters. The maximum Gasteiger partial charge on any atom is 0.255 e. The van der Waals surface area contributed by atoms with Gasteiger partial charge in [0.25, 0.3) is 5.91 Å². The zero-order valence-electron chi connectivity index (χ0n) is 18.7. The van der Waals surface area contributed by atoms with Crippen molar-refractivity contribution < 1.29 is 18.0 Å². The van der Waals surface area contributed by atoms with E-state index in [1.807, 2.05) is 62.4 Å². The van der Waals surface area contributed by atoms with Crippen LogP contribution in [0.5, 0.6) is 0 Å². The van der Waals surface area contributed by atoms with E-state index in [0.717, 1.165) is 16.5 Å². The van der Waals surface area contributed by atoms with E-state index in [1.54, 1.807) is 6.07 Å². The van der Waals surface area contributed by atoms with Gasteiger partial charge in [-0.1, -0.05) is 48.0 Å². The number of likely N-dealkylation sites (N-methyl/N-ethyl adjacent to an activating group) is 1. The van der Waals surface area contributed by atoms with E-state index in [2.05, 4.69) is 5.32 Å². The van der Waals surface area contributed by atoms with Gasteiger partial charge in [-0.3, -0.25) is 9.59 Å². The molecule has 3 aromatic rings. The number of aryl methyl sites for hydroxylation is 1. The number of amides is 2. The molecule has 1 N–H and O–H groups in total. The summed E-state index contributed by atoms with van der Waals surface area (Å²) >= 11 is 0. The molecule has 172 valence electrons. The Bertz CT molecular complexity index is 1300. The second-order valence-corrected chi connectivity index (χ2v) is 10.7. The number of para-hydroxylation sites is 1. The second-order valence-electron chi connectivity index (χ2n) is 8.43. The fourth-order valence-electron chi connectivity index (χ4n) is 4.08. The highest BCUT2D eigenvalue weighted by molar-refractivity contribution is 7.91. The lowest BCUT2D eigenvalue weighted by atomic mass is 10.0. The zero-order valence-corrected chi connectivity index (χ0v) is 19.6. The first-order valence-corrected chi connectivity index (χ1v) is 12.8. The smallest absolute Gasteiger partial charge is 0.255 e. The maximum atomic E-state index is 13.5. The van der Waals surface area contributed by atoms with Gasteiger partial charge in [-0.15, -0.1) is 0 Å². The van der Waals surface area contributed by atoms with E-state index in [9.17, 15) is 18.0 Å². The lowest BCUT2D eigenvalue weighted by molar-refractivity contribution is -0.122. The number of benzene rings is 2. The molecule has 33 heavy (non-hydrogen) atoms. The molecule has 1 aliphatic rings. The molecule has 1 aliphatic heterocycles. The van der Waals surface area contributed by atoms with Gasteiger partial charge in [0.2, 0.25) is 5.91 Å². The standard InChI is InChI=1S/C25H27N3O4S/c1-3-28(15-24(29)26-19-12-13-33(31,32)16-19)25(30)21-14-23(18-10-8-17(2)9-11-18)27-22-7-5-4-6-20(21)22/h4-11,14,19H,3,12-13,15-16H2,1-2H3,(H,26,29). The number of carbonyl (C=O) groups excluding carboxylic acids is 2. The van der Waals surface area contributed by atoms with Crippen LogP contribution in [0.2, 0.25) is 0 Å². The molecule has 1 aromatic heterocycles. The Kier molecular flexibility index (Phi) is 6.47. The lowest BCUT2D eigenvalue weighted by Crippen LogP contribution is -2.44. The Hall–Kier alpha value is -3.26. The van der Waals surface area contributed by atoms with Crippen LogP contribution in [0.15, 0.2) is 54.6 Å². The van der Waals surface area contributed by atoms with Crippen molar-refractivity contribution >= 4 is 32.6 Å². The number of aromatic nitrogens is 1. The number of pyridine rings is 1. The third-order valence-electron chi connectivity index (χ3n) is 5.89. The van der Waals surface area contributed by atoms with Gasteiger partial charge in [0.05, 0.1) is 34.8 Å². The van der Waals surface area contributed by atoms with Gasteiger partial charge >= 0.3 is 0 Å². The number of fused-ring (bicyclic) bond motifs is 1. The highest BCUT2D eigenvalue weighted by Crippen LogP contribution is 2.26. The first kappa shape index (κ1) is 22.9. The van der Waals surface area contributed by atoms with Gasteiger partial charge in [0, 0.05) is 23.5 Å². The van der Waals surface area contributed by atoms with Crippen LogP contribution < -0.4 is 5.32 Å². The molecule has 0 spiro atoms. The number of hydrogen-bond acceptors (Lipinski definition) is 5. The second kappa shape index (κ2) is 9.31. The minimum atomic E-state index is -3.09. The first-order valence-electron chi connectivity index (χ1n) is 11.0. The van der Waals surface area contributed by atoms with Gasteiger partial charge in [0.1, 0.15) is 0 Å². The SMILES string of the molecule is CCN(CC(=O)NC1CCS(=O)(=O)C1)C(=O)c1cc(-c2ccc(C)cc2)nc2ccccc12. The van der Waals surface area contributed by atoms with Crippen molar-refractivity contribution in [2.75, 3.05) is 24.6 Å². The molecule has 1 unspecified atom stereocenters. The van der Waals surface area contributed by atoms with Gasteiger partial charge in [-0.2, -0.15) is 0 Å². The van der Waals surface area contributed by atoms with Crippen molar-refractivity contribution in [2.24, 2.45) is 0 Å². The predicted octanol–water partition coefficient (Wildman–Crippen LogP) is 2.98. The zero-order chi connectivity index (χ0) is 23.6. The average molecular weight is 466 g/mol. The Morgan fingerprint density at radius 2 is 1.85 bits per heavy atom. The number of nitrogens with one attached hydrogen (secondary N) is 1. The first-order chi connectivity index (χ1) is 15.8. The summed E-state index contributed by atoms with van der Waals surface area (Å²) in [6.45, 7) is 4.03. The molecule has 8 heteroatoms. The van der Waals surface area contributed by atoms with Gasteiger partial charge in [-0.05, 0) is 32.4 Å². The Morgan fingerprint density at radius 3 is 2.52 bits per heavy atom. The van der Waals surface area contributed by atoms with Crippen LogP contribution in [0.4, 0.5) is 0 Å². The fraction of sp³-hybridized carbons (Fsp3) is 0.320. The molecular formula is C25H27N3O4S. The van der Waals surface area contributed by atoms with E-state index in [4.69, 9.17) is 4.98 Å². The molecule has 0 bridgehead atoms. The number of rotatable bonds is 6. The summed E-state index contributed by atoms with van der Waals surface area (Å²) < 4.78 is 23.3. The quantitative estimate of drug-likeness (QED) is 0.604. The van der Waals surface area contributed by atoms with Crippen molar-refractivity contribution in [2.45, 2.75) is 26.3 Å². The number of sulfone groups is 1. The van der Waals surface area contributed by atoms with Crippen LogP contribution in [-0.2, 0) is 14.6 Å². The molecular weight excluding hydrogens is 438 g/mol. The highest BCUT2D eigenvalue weighted by Gasteiger charge is 2.30. The number of hydrogen-bond donors (Lipinski definition) is 1. The molecule has 0 saturated carbocycles. The molecule has 2 heterocycles. The van der Waals surface area contributed by atoms with E-state index < -0.39 is 15.9 Å². The van der Waals surface area contributed by atoms with Crippen molar-refractivity contribution in [3.8, 4) is 11.3 Å². The van der Waals surface area contributed by atoms with E-state index in [-0.39, 0.29) is 29.9 Å². The number of nitrogens with zero attached hydrogens (tertiary/aromatic N) is 2. The van der Waals surface area contributed by atoms with E-state index >= 15 is 0 Å². The van der Waals surface area contributed by atoms with Crippen LogP contribution in [0, 0.1) is 6.92 Å².